The number of carbonyl (C=O) groups is 1. The predicted octanol–water partition coefficient (Wildman–Crippen LogP) is 1.75. The Labute approximate surface area is 96.0 Å². The lowest BCUT2D eigenvalue weighted by molar-refractivity contribution is -0.128. The van der Waals surface area contributed by atoms with E-state index >= 15 is 0 Å². The first-order valence-corrected chi connectivity index (χ1v) is 5.20. The van der Waals surface area contributed by atoms with E-state index in [0.717, 1.165) is 11.3 Å². The maximum absolute atomic E-state index is 11.7. The number of amides is 1. The van der Waals surface area contributed by atoms with Gasteiger partial charge >= 0.3 is 0 Å². The summed E-state index contributed by atoms with van der Waals surface area (Å²) in [7, 11) is 1.60. The molecule has 0 saturated carbocycles. The summed E-state index contributed by atoms with van der Waals surface area (Å²) < 4.78 is 5.17. The zero-order valence-corrected chi connectivity index (χ0v) is 10.2. The normalized spacial score (nSPS) is 11.0. The minimum absolute atomic E-state index is 0.0124. The maximum atomic E-state index is 11.7. The third-order valence-corrected chi connectivity index (χ3v) is 2.20. The summed E-state index contributed by atoms with van der Waals surface area (Å²) >= 11 is 0. The molecular formula is C12H18N2O2. The molecule has 1 heterocycles. The van der Waals surface area contributed by atoms with Gasteiger partial charge in [0.1, 0.15) is 5.75 Å². The van der Waals surface area contributed by atoms with Crippen molar-refractivity contribution < 1.29 is 9.53 Å². The summed E-state index contributed by atoms with van der Waals surface area (Å²) in [5.41, 5.74) is 0.498. The van der Waals surface area contributed by atoms with Crippen LogP contribution in [-0.2, 0) is 11.3 Å². The van der Waals surface area contributed by atoms with E-state index in [1.54, 1.807) is 25.6 Å². The molecule has 0 aliphatic carbocycles. The largest absolute Gasteiger partial charge is 0.496 e. The van der Waals surface area contributed by atoms with Crippen molar-refractivity contribution in [2.75, 3.05) is 7.11 Å². The smallest absolute Gasteiger partial charge is 0.225 e. The van der Waals surface area contributed by atoms with Gasteiger partial charge in [-0.15, -0.1) is 0 Å². The molecule has 0 saturated heterocycles. The van der Waals surface area contributed by atoms with Crippen LogP contribution in [0.25, 0.3) is 0 Å². The van der Waals surface area contributed by atoms with E-state index in [0.29, 0.717) is 6.54 Å². The van der Waals surface area contributed by atoms with Crippen LogP contribution in [0.15, 0.2) is 18.5 Å². The summed E-state index contributed by atoms with van der Waals surface area (Å²) in [6, 6.07) is 1.78. The zero-order valence-electron chi connectivity index (χ0n) is 10.2. The Kier molecular flexibility index (Phi) is 3.88. The molecule has 1 aromatic rings. The molecule has 0 aromatic carbocycles. The quantitative estimate of drug-likeness (QED) is 0.847. The fourth-order valence-corrected chi connectivity index (χ4v) is 1.19. The number of nitrogens with zero attached hydrogens (tertiary/aromatic N) is 1. The molecule has 0 bridgehead atoms. The van der Waals surface area contributed by atoms with Crippen LogP contribution in [0.3, 0.4) is 0 Å². The molecule has 1 amide bonds. The van der Waals surface area contributed by atoms with E-state index in [9.17, 15) is 4.79 Å². The second-order valence-electron chi connectivity index (χ2n) is 4.62. The first kappa shape index (κ1) is 12.5. The van der Waals surface area contributed by atoms with Crippen molar-refractivity contribution >= 4 is 5.91 Å². The van der Waals surface area contributed by atoms with Crippen LogP contribution in [0.5, 0.6) is 5.75 Å². The third-order valence-electron chi connectivity index (χ3n) is 2.20. The number of ether oxygens (including phenoxy) is 1. The predicted molar refractivity (Wildman–Crippen MR) is 62.1 cm³/mol. The number of methoxy groups -OCH3 is 1. The van der Waals surface area contributed by atoms with Crippen molar-refractivity contribution in [3.05, 3.63) is 24.0 Å². The number of rotatable bonds is 3. The van der Waals surface area contributed by atoms with Crippen LogP contribution in [0.2, 0.25) is 0 Å². The Morgan fingerprint density at radius 2 is 2.19 bits per heavy atom. The highest BCUT2D eigenvalue weighted by Crippen LogP contribution is 2.17. The average molecular weight is 222 g/mol. The van der Waals surface area contributed by atoms with E-state index in [1.165, 1.54) is 0 Å². The van der Waals surface area contributed by atoms with Crippen molar-refractivity contribution in [1.82, 2.24) is 10.3 Å². The van der Waals surface area contributed by atoms with Crippen LogP contribution in [0.4, 0.5) is 0 Å². The minimum Gasteiger partial charge on any atom is -0.496 e. The van der Waals surface area contributed by atoms with Gasteiger partial charge in [0, 0.05) is 29.9 Å². The van der Waals surface area contributed by atoms with Crippen LogP contribution < -0.4 is 10.1 Å². The van der Waals surface area contributed by atoms with Crippen molar-refractivity contribution in [3.63, 3.8) is 0 Å². The Bertz CT molecular complexity index is 370. The standard InChI is InChI=1S/C12H18N2O2/c1-12(2,3)11(15)14-8-9-7-13-6-5-10(9)16-4/h5-7H,8H2,1-4H3,(H,14,15). The molecule has 0 spiro atoms. The summed E-state index contributed by atoms with van der Waals surface area (Å²) in [5, 5.41) is 2.85. The molecule has 0 radical (unpaired) electrons. The molecule has 16 heavy (non-hydrogen) atoms. The molecule has 1 N–H and O–H groups in total. The van der Waals surface area contributed by atoms with Crippen LogP contribution in [0.1, 0.15) is 26.3 Å². The van der Waals surface area contributed by atoms with Gasteiger partial charge < -0.3 is 10.1 Å². The molecule has 1 rings (SSSR count). The van der Waals surface area contributed by atoms with Crippen molar-refractivity contribution in [1.29, 1.82) is 0 Å². The topological polar surface area (TPSA) is 51.2 Å². The van der Waals surface area contributed by atoms with Gasteiger partial charge in [0.15, 0.2) is 0 Å². The number of hydrogen-bond acceptors (Lipinski definition) is 3. The van der Waals surface area contributed by atoms with Gasteiger partial charge in [-0.1, -0.05) is 20.8 Å². The van der Waals surface area contributed by atoms with Gasteiger partial charge in [-0.05, 0) is 6.07 Å². The van der Waals surface area contributed by atoms with Crippen molar-refractivity contribution in [2.45, 2.75) is 27.3 Å². The maximum Gasteiger partial charge on any atom is 0.225 e. The molecule has 1 aromatic heterocycles. The lowest BCUT2D eigenvalue weighted by Gasteiger charge is -2.18. The fourth-order valence-electron chi connectivity index (χ4n) is 1.19. The third kappa shape index (κ3) is 3.22. The van der Waals surface area contributed by atoms with Crippen LogP contribution in [-0.4, -0.2) is 18.0 Å². The van der Waals surface area contributed by atoms with E-state index in [-0.39, 0.29) is 11.3 Å². The Balaban J connectivity index is 2.65. The fraction of sp³-hybridized carbons (Fsp3) is 0.500. The molecule has 4 nitrogen and oxygen atoms in total. The number of pyridine rings is 1. The second kappa shape index (κ2) is 4.96. The SMILES string of the molecule is COc1ccncc1CNC(=O)C(C)(C)C. The molecule has 0 atom stereocenters. The summed E-state index contributed by atoms with van der Waals surface area (Å²) in [4.78, 5) is 15.7. The molecule has 0 unspecified atom stereocenters. The van der Waals surface area contributed by atoms with Crippen molar-refractivity contribution in [3.8, 4) is 5.75 Å². The highest BCUT2D eigenvalue weighted by Gasteiger charge is 2.20. The molecule has 0 aliphatic rings. The monoisotopic (exact) mass is 222 g/mol. The molecule has 0 aliphatic heterocycles. The number of carbonyl (C=O) groups excluding carboxylic acids is 1. The summed E-state index contributed by atoms with van der Waals surface area (Å²) in [6.45, 7) is 6.07. The zero-order chi connectivity index (χ0) is 12.2. The number of nitrogens with one attached hydrogen (secondary N) is 1. The number of aromatic nitrogens is 1. The van der Waals surface area contributed by atoms with Gasteiger partial charge in [0.2, 0.25) is 5.91 Å². The van der Waals surface area contributed by atoms with Crippen LogP contribution in [0, 0.1) is 5.41 Å². The van der Waals surface area contributed by atoms with Gasteiger partial charge in [0.05, 0.1) is 7.11 Å². The Hall–Kier alpha value is -1.58. The van der Waals surface area contributed by atoms with E-state index in [1.807, 2.05) is 20.8 Å². The minimum atomic E-state index is -0.380. The van der Waals surface area contributed by atoms with Crippen molar-refractivity contribution in [2.24, 2.45) is 5.41 Å². The average Bonchev–Trinajstić information content (AvgIpc) is 2.24. The van der Waals surface area contributed by atoms with E-state index in [4.69, 9.17) is 4.74 Å². The van der Waals surface area contributed by atoms with Crippen LogP contribution >= 0.6 is 0 Å². The lowest BCUT2D eigenvalue weighted by Crippen LogP contribution is -2.34. The Morgan fingerprint density at radius 3 is 2.75 bits per heavy atom. The highest BCUT2D eigenvalue weighted by molar-refractivity contribution is 5.81. The molecule has 4 heteroatoms. The second-order valence-corrected chi connectivity index (χ2v) is 4.62. The van der Waals surface area contributed by atoms with Gasteiger partial charge in [-0.3, -0.25) is 9.78 Å². The molecule has 88 valence electrons. The van der Waals surface area contributed by atoms with Gasteiger partial charge in [0.25, 0.3) is 0 Å². The Morgan fingerprint density at radius 1 is 1.50 bits per heavy atom. The summed E-state index contributed by atoms with van der Waals surface area (Å²) in [6.07, 6.45) is 3.36. The molecular weight excluding hydrogens is 204 g/mol. The first-order chi connectivity index (χ1) is 7.45. The van der Waals surface area contributed by atoms with E-state index < -0.39 is 0 Å². The number of hydrogen-bond donors (Lipinski definition) is 1. The van der Waals surface area contributed by atoms with E-state index in [2.05, 4.69) is 10.3 Å². The van der Waals surface area contributed by atoms with Gasteiger partial charge in [-0.25, -0.2) is 0 Å². The first-order valence-electron chi connectivity index (χ1n) is 5.20. The lowest BCUT2D eigenvalue weighted by atomic mass is 9.95. The van der Waals surface area contributed by atoms with Gasteiger partial charge in [-0.2, -0.15) is 0 Å². The summed E-state index contributed by atoms with van der Waals surface area (Å²) in [5.74, 6) is 0.752. The molecule has 0 fully saturated rings. The highest BCUT2D eigenvalue weighted by atomic mass is 16.5.